The smallest absolute Gasteiger partial charge is 0.274 e. The van der Waals surface area contributed by atoms with Crippen LogP contribution >= 0.6 is 0 Å². The first-order chi connectivity index (χ1) is 13.0. The molecule has 2 heterocycles. The monoisotopic (exact) mass is 367 g/mol. The SMILES string of the molecule is Cc1nc(C(=O)Nc2ccc(C(C)C)cc2)cc(N2CCN(C=O)CC2)n1. The lowest BCUT2D eigenvalue weighted by Crippen LogP contribution is -2.46. The van der Waals surface area contributed by atoms with Crippen LogP contribution in [-0.2, 0) is 4.79 Å². The van der Waals surface area contributed by atoms with Crippen LogP contribution in [0, 0.1) is 6.92 Å². The van der Waals surface area contributed by atoms with Crippen LogP contribution in [0.1, 0.15) is 41.6 Å². The van der Waals surface area contributed by atoms with E-state index in [-0.39, 0.29) is 5.91 Å². The van der Waals surface area contributed by atoms with E-state index in [2.05, 4.69) is 34.0 Å². The number of hydrogen-bond donors (Lipinski definition) is 1. The quantitative estimate of drug-likeness (QED) is 0.821. The molecule has 0 spiro atoms. The van der Waals surface area contributed by atoms with Crippen LogP contribution in [0.25, 0.3) is 0 Å². The molecule has 1 aromatic heterocycles. The molecular formula is C20H25N5O2. The Labute approximate surface area is 159 Å². The van der Waals surface area contributed by atoms with Gasteiger partial charge in [-0.25, -0.2) is 9.97 Å². The molecule has 0 aliphatic carbocycles. The molecule has 2 amide bonds. The van der Waals surface area contributed by atoms with Crippen molar-refractivity contribution in [1.29, 1.82) is 0 Å². The van der Waals surface area contributed by atoms with Gasteiger partial charge in [0.2, 0.25) is 6.41 Å². The molecule has 0 unspecified atom stereocenters. The second-order valence-electron chi connectivity index (χ2n) is 7.02. The summed E-state index contributed by atoms with van der Waals surface area (Å²) in [6.07, 6.45) is 0.867. The Bertz CT molecular complexity index is 812. The number of anilines is 2. The molecule has 2 aromatic rings. The number of carbonyl (C=O) groups is 2. The van der Waals surface area contributed by atoms with Crippen LogP contribution in [0.4, 0.5) is 11.5 Å². The van der Waals surface area contributed by atoms with Gasteiger partial charge in [-0.3, -0.25) is 9.59 Å². The first kappa shape index (κ1) is 18.8. The van der Waals surface area contributed by atoms with Gasteiger partial charge in [0, 0.05) is 37.9 Å². The van der Waals surface area contributed by atoms with E-state index in [1.165, 1.54) is 5.56 Å². The van der Waals surface area contributed by atoms with Crippen LogP contribution in [0.3, 0.4) is 0 Å². The molecule has 0 saturated carbocycles. The van der Waals surface area contributed by atoms with Gasteiger partial charge in [0.05, 0.1) is 0 Å². The Hall–Kier alpha value is -2.96. The van der Waals surface area contributed by atoms with Crippen LogP contribution < -0.4 is 10.2 Å². The lowest BCUT2D eigenvalue weighted by atomic mass is 10.0. The maximum atomic E-state index is 12.6. The highest BCUT2D eigenvalue weighted by Crippen LogP contribution is 2.19. The Morgan fingerprint density at radius 2 is 1.78 bits per heavy atom. The molecule has 1 aliphatic rings. The second-order valence-corrected chi connectivity index (χ2v) is 7.02. The van der Waals surface area contributed by atoms with Crippen molar-refractivity contribution in [3.63, 3.8) is 0 Å². The minimum Gasteiger partial charge on any atom is -0.353 e. The Morgan fingerprint density at radius 3 is 2.37 bits per heavy atom. The highest BCUT2D eigenvalue weighted by molar-refractivity contribution is 6.03. The van der Waals surface area contributed by atoms with Gasteiger partial charge in [-0.1, -0.05) is 26.0 Å². The summed E-state index contributed by atoms with van der Waals surface area (Å²) >= 11 is 0. The maximum Gasteiger partial charge on any atom is 0.274 e. The first-order valence-electron chi connectivity index (χ1n) is 9.17. The molecule has 7 heteroatoms. The number of nitrogens with one attached hydrogen (secondary N) is 1. The number of piperazine rings is 1. The summed E-state index contributed by atoms with van der Waals surface area (Å²) in [5.41, 5.74) is 2.30. The fourth-order valence-corrected chi connectivity index (χ4v) is 3.03. The standard InChI is InChI=1S/C20H25N5O2/c1-14(2)16-4-6-17(7-5-16)23-20(27)18-12-19(22-15(3)21-18)25-10-8-24(13-26)9-11-25/h4-7,12-14H,8-11H2,1-3H3,(H,23,27). The van der Waals surface area contributed by atoms with Crippen molar-refractivity contribution in [2.75, 3.05) is 36.4 Å². The molecule has 0 radical (unpaired) electrons. The topological polar surface area (TPSA) is 78.4 Å². The van der Waals surface area contributed by atoms with Gasteiger partial charge in [-0.05, 0) is 30.5 Å². The van der Waals surface area contributed by atoms with E-state index < -0.39 is 0 Å². The number of amides is 2. The maximum absolute atomic E-state index is 12.6. The molecule has 142 valence electrons. The van der Waals surface area contributed by atoms with E-state index in [0.29, 0.717) is 49.4 Å². The number of nitrogens with zero attached hydrogens (tertiary/aromatic N) is 4. The van der Waals surface area contributed by atoms with Crippen molar-refractivity contribution in [2.24, 2.45) is 0 Å². The van der Waals surface area contributed by atoms with E-state index in [0.717, 1.165) is 12.1 Å². The molecule has 27 heavy (non-hydrogen) atoms. The van der Waals surface area contributed by atoms with E-state index in [9.17, 15) is 9.59 Å². The highest BCUT2D eigenvalue weighted by atomic mass is 16.2. The van der Waals surface area contributed by atoms with Crippen molar-refractivity contribution in [3.8, 4) is 0 Å². The van der Waals surface area contributed by atoms with Gasteiger partial charge >= 0.3 is 0 Å². The average Bonchev–Trinajstić information content (AvgIpc) is 2.68. The Kier molecular flexibility index (Phi) is 5.69. The number of rotatable bonds is 5. The third-order valence-corrected chi connectivity index (χ3v) is 4.68. The van der Waals surface area contributed by atoms with Crippen LogP contribution in [-0.4, -0.2) is 53.4 Å². The number of aryl methyl sites for hydroxylation is 1. The molecule has 1 saturated heterocycles. The summed E-state index contributed by atoms with van der Waals surface area (Å²) in [6, 6.07) is 9.55. The summed E-state index contributed by atoms with van der Waals surface area (Å²) in [7, 11) is 0. The predicted molar refractivity (Wildman–Crippen MR) is 105 cm³/mol. The highest BCUT2D eigenvalue weighted by Gasteiger charge is 2.19. The zero-order valence-corrected chi connectivity index (χ0v) is 16.0. The van der Waals surface area contributed by atoms with Crippen molar-refractivity contribution >= 4 is 23.8 Å². The van der Waals surface area contributed by atoms with E-state index in [1.54, 1.807) is 17.9 Å². The van der Waals surface area contributed by atoms with Gasteiger partial charge in [0.25, 0.3) is 5.91 Å². The molecule has 7 nitrogen and oxygen atoms in total. The van der Waals surface area contributed by atoms with Crippen molar-refractivity contribution in [3.05, 3.63) is 47.4 Å². The number of hydrogen-bond acceptors (Lipinski definition) is 5. The lowest BCUT2D eigenvalue weighted by molar-refractivity contribution is -0.118. The number of benzene rings is 1. The van der Waals surface area contributed by atoms with Crippen LogP contribution in [0.15, 0.2) is 30.3 Å². The van der Waals surface area contributed by atoms with E-state index in [4.69, 9.17) is 0 Å². The molecular weight excluding hydrogens is 342 g/mol. The molecule has 0 atom stereocenters. The van der Waals surface area contributed by atoms with Crippen LogP contribution in [0.5, 0.6) is 0 Å². The minimum atomic E-state index is -0.259. The zero-order chi connectivity index (χ0) is 19.4. The summed E-state index contributed by atoms with van der Waals surface area (Å²) < 4.78 is 0. The van der Waals surface area contributed by atoms with Gasteiger partial charge in [0.15, 0.2) is 0 Å². The zero-order valence-electron chi connectivity index (χ0n) is 16.0. The lowest BCUT2D eigenvalue weighted by Gasteiger charge is -2.33. The average molecular weight is 367 g/mol. The normalized spacial score (nSPS) is 14.4. The largest absolute Gasteiger partial charge is 0.353 e. The molecule has 3 rings (SSSR count). The fraction of sp³-hybridized carbons (Fsp3) is 0.400. The second kappa shape index (κ2) is 8.16. The Morgan fingerprint density at radius 1 is 1.11 bits per heavy atom. The fourth-order valence-electron chi connectivity index (χ4n) is 3.03. The van der Waals surface area contributed by atoms with Gasteiger partial charge in [-0.2, -0.15) is 0 Å². The van der Waals surface area contributed by atoms with Gasteiger partial charge in [-0.15, -0.1) is 0 Å². The molecule has 1 aliphatic heterocycles. The minimum absolute atomic E-state index is 0.259. The summed E-state index contributed by atoms with van der Waals surface area (Å²) in [5.74, 6) is 1.45. The van der Waals surface area contributed by atoms with Crippen molar-refractivity contribution in [1.82, 2.24) is 14.9 Å². The van der Waals surface area contributed by atoms with Gasteiger partial charge < -0.3 is 15.1 Å². The predicted octanol–water partition coefficient (Wildman–Crippen LogP) is 2.44. The first-order valence-corrected chi connectivity index (χ1v) is 9.17. The molecule has 1 fully saturated rings. The third-order valence-electron chi connectivity index (χ3n) is 4.68. The van der Waals surface area contributed by atoms with Crippen LogP contribution in [0.2, 0.25) is 0 Å². The van der Waals surface area contributed by atoms with Crippen molar-refractivity contribution in [2.45, 2.75) is 26.7 Å². The third kappa shape index (κ3) is 4.61. The van der Waals surface area contributed by atoms with E-state index in [1.807, 2.05) is 24.3 Å². The molecule has 1 N–H and O–H groups in total. The van der Waals surface area contributed by atoms with E-state index >= 15 is 0 Å². The molecule has 1 aromatic carbocycles. The summed E-state index contributed by atoms with van der Waals surface area (Å²) in [5, 5.41) is 2.90. The Balaban J connectivity index is 1.73. The number of aromatic nitrogens is 2. The molecule has 0 bridgehead atoms. The summed E-state index contributed by atoms with van der Waals surface area (Å²) in [6.45, 7) is 8.72. The summed E-state index contributed by atoms with van der Waals surface area (Å²) in [4.78, 5) is 36.1. The van der Waals surface area contributed by atoms with Crippen molar-refractivity contribution < 1.29 is 9.59 Å². The number of carbonyl (C=O) groups excluding carboxylic acids is 2. The van der Waals surface area contributed by atoms with Gasteiger partial charge in [0.1, 0.15) is 17.3 Å².